The monoisotopic (exact) mass is 705 g/mol. The van der Waals surface area contributed by atoms with Crippen LogP contribution in [0.3, 0.4) is 0 Å². The summed E-state index contributed by atoms with van der Waals surface area (Å²) in [6, 6.07) is 20.1. The van der Waals surface area contributed by atoms with Crippen LogP contribution >= 0.6 is 23.2 Å². The summed E-state index contributed by atoms with van der Waals surface area (Å²) < 4.78 is 35.0. The number of amidine groups is 1. The lowest BCUT2D eigenvalue weighted by Crippen LogP contribution is -2.38. The van der Waals surface area contributed by atoms with E-state index in [4.69, 9.17) is 44.8 Å². The van der Waals surface area contributed by atoms with Crippen LogP contribution in [0, 0.1) is 26.2 Å². The molecule has 0 aliphatic carbocycles. The van der Waals surface area contributed by atoms with E-state index in [2.05, 4.69) is 35.7 Å². The van der Waals surface area contributed by atoms with Gasteiger partial charge < -0.3 is 16.2 Å². The van der Waals surface area contributed by atoms with Crippen molar-refractivity contribution in [3.8, 4) is 5.75 Å². The summed E-state index contributed by atoms with van der Waals surface area (Å²) in [7, 11) is -3.86. The highest BCUT2D eigenvalue weighted by Gasteiger charge is 2.33. The van der Waals surface area contributed by atoms with E-state index in [0.717, 1.165) is 48.1 Å². The predicted molar refractivity (Wildman–Crippen MR) is 200 cm³/mol. The minimum Gasteiger partial charge on any atom is -0.487 e. The Morgan fingerprint density at radius 1 is 0.915 bits per heavy atom. The molecule has 47 heavy (non-hydrogen) atoms. The Balaban J connectivity index is 0.000000539. The van der Waals surface area contributed by atoms with Crippen LogP contribution in [0.15, 0.2) is 70.6 Å². The molecular weight excluding hydrogens is 653 g/mol. The second kappa shape index (κ2) is 20.9. The van der Waals surface area contributed by atoms with Crippen molar-refractivity contribution < 1.29 is 13.2 Å². The van der Waals surface area contributed by atoms with Gasteiger partial charge in [-0.1, -0.05) is 74.5 Å². The van der Waals surface area contributed by atoms with Gasteiger partial charge in [0.15, 0.2) is 0 Å². The normalized spacial score (nSPS) is 13.2. The molecular formula is C36H53Cl2N5O3S. The number of nitrogens with one attached hydrogen (secondary N) is 2. The van der Waals surface area contributed by atoms with Crippen LogP contribution in [0.2, 0.25) is 0 Å². The minimum absolute atomic E-state index is 0.0995. The summed E-state index contributed by atoms with van der Waals surface area (Å²) in [6.07, 6.45) is 4.98. The fraction of sp³-hybridized carbons (Fsp3) is 0.444. The maximum atomic E-state index is 13.2. The fourth-order valence-electron chi connectivity index (χ4n) is 5.05. The zero-order valence-electron chi connectivity index (χ0n) is 28.9. The maximum Gasteiger partial charge on any atom is 0.264 e. The van der Waals surface area contributed by atoms with Crippen molar-refractivity contribution in [1.29, 1.82) is 5.41 Å². The average molecular weight is 707 g/mol. The number of halogens is 2. The van der Waals surface area contributed by atoms with Crippen molar-refractivity contribution in [2.45, 2.75) is 97.5 Å². The van der Waals surface area contributed by atoms with Crippen molar-refractivity contribution >= 4 is 45.0 Å². The fourth-order valence-corrected chi connectivity index (χ4v) is 6.57. The smallest absolute Gasteiger partial charge is 0.264 e. The molecule has 1 aliphatic heterocycles. The number of hydrogen-bond donors (Lipinski definition) is 4. The van der Waals surface area contributed by atoms with E-state index in [1.807, 2.05) is 83.1 Å². The molecule has 4 rings (SSSR count). The van der Waals surface area contributed by atoms with Crippen molar-refractivity contribution in [2.24, 2.45) is 16.5 Å². The first kappa shape index (κ1) is 41.8. The summed E-state index contributed by atoms with van der Waals surface area (Å²) in [5.74, 6) is 0.994. The van der Waals surface area contributed by atoms with Gasteiger partial charge in [0.05, 0.1) is 16.1 Å². The van der Waals surface area contributed by atoms with E-state index in [0.29, 0.717) is 30.5 Å². The highest BCUT2D eigenvalue weighted by atomic mass is 35.5. The number of aliphatic imine (C=N–C) groups is 1. The summed E-state index contributed by atoms with van der Waals surface area (Å²) >= 11 is 9.53. The zero-order valence-corrected chi connectivity index (χ0v) is 31.2. The van der Waals surface area contributed by atoms with Gasteiger partial charge in [-0.25, -0.2) is 13.1 Å². The maximum absolute atomic E-state index is 13.2. The second-order valence-corrected chi connectivity index (χ2v) is 13.9. The van der Waals surface area contributed by atoms with Crippen LogP contribution in [0.25, 0.3) is 0 Å². The SMILES string of the molecule is CC.Cc1c(C)c(S(=O)(=O)NC(N)=NCCc2ccccc2)c(C)c2c1OC(C)(C)CC2.ClCCl.N=C(N)CCCc1ccccc1. The van der Waals surface area contributed by atoms with Gasteiger partial charge in [-0.05, 0) is 100 Å². The van der Waals surface area contributed by atoms with Gasteiger partial charge in [-0.15, -0.1) is 23.2 Å². The number of alkyl halides is 2. The van der Waals surface area contributed by atoms with Crippen molar-refractivity contribution in [2.75, 3.05) is 11.9 Å². The molecule has 6 N–H and O–H groups in total. The molecule has 0 aromatic heterocycles. The van der Waals surface area contributed by atoms with Crippen LogP contribution in [-0.4, -0.2) is 37.7 Å². The number of rotatable bonds is 9. The third-order valence-corrected chi connectivity index (χ3v) is 9.08. The highest BCUT2D eigenvalue weighted by Crippen LogP contribution is 2.42. The summed E-state index contributed by atoms with van der Waals surface area (Å²) in [4.78, 5) is 4.46. The van der Waals surface area contributed by atoms with E-state index >= 15 is 0 Å². The zero-order chi connectivity index (χ0) is 35.6. The Morgan fingerprint density at radius 3 is 1.94 bits per heavy atom. The molecule has 0 saturated heterocycles. The molecule has 0 fully saturated rings. The van der Waals surface area contributed by atoms with Crippen LogP contribution in [0.5, 0.6) is 5.75 Å². The van der Waals surface area contributed by atoms with Gasteiger partial charge in [0.25, 0.3) is 10.0 Å². The highest BCUT2D eigenvalue weighted by molar-refractivity contribution is 7.90. The molecule has 0 unspecified atom stereocenters. The van der Waals surface area contributed by atoms with Gasteiger partial charge in [-0.3, -0.25) is 10.4 Å². The molecule has 8 nitrogen and oxygen atoms in total. The largest absolute Gasteiger partial charge is 0.487 e. The van der Waals surface area contributed by atoms with Crippen LogP contribution in [-0.2, 0) is 29.3 Å². The number of nitrogens with two attached hydrogens (primary N) is 2. The molecule has 0 atom stereocenters. The summed E-state index contributed by atoms with van der Waals surface area (Å²) in [5, 5.41) is 7.23. The average Bonchev–Trinajstić information content (AvgIpc) is 3.02. The van der Waals surface area contributed by atoms with E-state index in [9.17, 15) is 8.42 Å². The summed E-state index contributed by atoms with van der Waals surface area (Å²) in [5.41, 5.74) is 16.5. The molecule has 0 saturated carbocycles. The third kappa shape index (κ3) is 14.2. The first-order valence-electron chi connectivity index (χ1n) is 15.9. The lowest BCUT2D eigenvalue weighted by atomic mass is 9.88. The summed E-state index contributed by atoms with van der Waals surface area (Å²) in [6.45, 7) is 14.1. The molecule has 0 spiro atoms. The Bertz CT molecular complexity index is 1530. The number of nitrogens with zero attached hydrogens (tertiary/aromatic N) is 1. The predicted octanol–water partition coefficient (Wildman–Crippen LogP) is 7.94. The minimum atomic E-state index is -3.86. The topological polar surface area (TPSA) is 144 Å². The van der Waals surface area contributed by atoms with E-state index < -0.39 is 10.0 Å². The van der Waals surface area contributed by atoms with Crippen LogP contribution < -0.4 is 20.9 Å². The van der Waals surface area contributed by atoms with Crippen molar-refractivity contribution in [3.05, 3.63) is 94.0 Å². The van der Waals surface area contributed by atoms with E-state index in [-0.39, 0.29) is 27.6 Å². The lowest BCUT2D eigenvalue weighted by molar-refractivity contribution is 0.0832. The number of aryl methyl sites for hydroxylation is 1. The van der Waals surface area contributed by atoms with Gasteiger partial charge in [0.2, 0.25) is 5.96 Å². The van der Waals surface area contributed by atoms with Gasteiger partial charge in [0, 0.05) is 13.0 Å². The standard InChI is InChI=1S/C23H31N3O3S.C10H14N2.C2H6.CH2Cl2/c1-15-16(2)21(17(3)19-11-13-23(4,5)29-20(15)19)30(27,28)26-22(24)25-14-12-18-9-7-6-8-10-18;11-10(12)8-4-7-9-5-2-1-3-6-9;1-2;2-1-3/h6-10H,11-14H2,1-5H3,(H3,24,25,26);1-3,5-6H,4,7-8H2,(H3,11,12);1-2H3;1H2. The first-order valence-corrected chi connectivity index (χ1v) is 18.4. The Morgan fingerprint density at radius 2 is 1.43 bits per heavy atom. The number of benzene rings is 3. The molecule has 1 aliphatic rings. The number of fused-ring (bicyclic) bond motifs is 1. The molecule has 0 amide bonds. The van der Waals surface area contributed by atoms with Crippen molar-refractivity contribution in [1.82, 2.24) is 4.72 Å². The number of guanidine groups is 1. The quantitative estimate of drug-likeness (QED) is 0.102. The lowest BCUT2D eigenvalue weighted by Gasteiger charge is -2.35. The first-order chi connectivity index (χ1) is 22.2. The van der Waals surface area contributed by atoms with E-state index in [1.54, 1.807) is 0 Å². The van der Waals surface area contributed by atoms with Gasteiger partial charge in [0.1, 0.15) is 11.4 Å². The van der Waals surface area contributed by atoms with Crippen molar-refractivity contribution in [3.63, 3.8) is 0 Å². The number of sulfonamides is 1. The van der Waals surface area contributed by atoms with E-state index in [1.165, 1.54) is 5.56 Å². The van der Waals surface area contributed by atoms with Gasteiger partial charge >= 0.3 is 0 Å². The van der Waals surface area contributed by atoms with Crippen LogP contribution in [0.1, 0.15) is 80.3 Å². The molecule has 260 valence electrons. The van der Waals surface area contributed by atoms with Gasteiger partial charge in [-0.2, -0.15) is 0 Å². The third-order valence-electron chi connectivity index (χ3n) is 7.45. The molecule has 1 heterocycles. The Labute approximate surface area is 292 Å². The number of hydrogen-bond acceptors (Lipinski definition) is 5. The molecule has 3 aromatic carbocycles. The Kier molecular flexibility index (Phi) is 18.5. The van der Waals surface area contributed by atoms with Crippen LogP contribution in [0.4, 0.5) is 0 Å². The molecule has 0 radical (unpaired) electrons. The Hall–Kier alpha value is -3.27. The molecule has 11 heteroatoms. The number of ether oxygens (including phenoxy) is 1. The molecule has 3 aromatic rings. The molecule has 0 bridgehead atoms. The second-order valence-electron chi connectivity index (χ2n) is 11.4.